The van der Waals surface area contributed by atoms with Crippen LogP contribution < -0.4 is 5.32 Å². The lowest BCUT2D eigenvalue weighted by atomic mass is 9.96. The van der Waals surface area contributed by atoms with E-state index in [0.717, 1.165) is 0 Å². The van der Waals surface area contributed by atoms with E-state index in [1.54, 1.807) is 19.0 Å². The molecule has 0 atom stereocenters. The molecule has 1 fully saturated rings. The fourth-order valence-electron chi connectivity index (χ4n) is 2.50. The minimum atomic E-state index is -0.236. The van der Waals surface area contributed by atoms with Crippen LogP contribution in [0.1, 0.15) is 23.2 Å². The molecule has 0 unspecified atom stereocenters. The molecule has 0 saturated carbocycles. The van der Waals surface area contributed by atoms with E-state index in [2.05, 4.69) is 22.1 Å². The first-order chi connectivity index (χ1) is 10.9. The summed E-state index contributed by atoms with van der Waals surface area (Å²) in [6.07, 6.45) is 3.83. The van der Waals surface area contributed by atoms with Gasteiger partial charge in [-0.15, -0.1) is 0 Å². The van der Waals surface area contributed by atoms with E-state index in [1.165, 1.54) is 17.2 Å². The molecule has 1 aromatic rings. The van der Waals surface area contributed by atoms with E-state index in [4.69, 9.17) is 0 Å². The Morgan fingerprint density at radius 1 is 1.39 bits per heavy atom. The van der Waals surface area contributed by atoms with Crippen LogP contribution in [0.5, 0.6) is 0 Å². The number of carbonyl (C=O) groups excluding carboxylic acids is 3. The molecule has 1 aromatic heterocycles. The van der Waals surface area contributed by atoms with Crippen LogP contribution in [0.3, 0.4) is 0 Å². The van der Waals surface area contributed by atoms with Crippen LogP contribution in [0, 0.1) is 5.92 Å². The van der Waals surface area contributed by atoms with Gasteiger partial charge in [0.2, 0.25) is 11.8 Å². The van der Waals surface area contributed by atoms with Gasteiger partial charge < -0.3 is 15.1 Å². The Hall–Kier alpha value is -2.64. The number of aromatic amines is 1. The molecular formula is C15H21N5O3. The highest BCUT2D eigenvalue weighted by atomic mass is 16.2. The second-order valence-corrected chi connectivity index (χ2v) is 5.65. The number of nitrogens with zero attached hydrogens (tertiary/aromatic N) is 3. The molecule has 2 heterocycles. The first-order valence-corrected chi connectivity index (χ1v) is 7.41. The van der Waals surface area contributed by atoms with Gasteiger partial charge in [0, 0.05) is 33.1 Å². The van der Waals surface area contributed by atoms with Crippen LogP contribution >= 0.6 is 0 Å². The van der Waals surface area contributed by atoms with Crippen LogP contribution in [0.4, 0.5) is 5.82 Å². The fourth-order valence-corrected chi connectivity index (χ4v) is 2.50. The predicted molar refractivity (Wildman–Crippen MR) is 84.7 cm³/mol. The van der Waals surface area contributed by atoms with Gasteiger partial charge in [0.1, 0.15) is 11.4 Å². The summed E-state index contributed by atoms with van der Waals surface area (Å²) < 4.78 is 0. The zero-order valence-corrected chi connectivity index (χ0v) is 13.3. The number of piperidine rings is 1. The zero-order chi connectivity index (χ0) is 17.0. The van der Waals surface area contributed by atoms with Gasteiger partial charge >= 0.3 is 0 Å². The maximum atomic E-state index is 12.3. The Balaban J connectivity index is 1.96. The lowest BCUT2D eigenvalue weighted by Crippen LogP contribution is -2.40. The van der Waals surface area contributed by atoms with Crippen molar-refractivity contribution in [1.82, 2.24) is 20.0 Å². The first-order valence-electron chi connectivity index (χ1n) is 7.41. The van der Waals surface area contributed by atoms with Crippen LogP contribution in [-0.4, -0.2) is 64.9 Å². The molecule has 2 N–H and O–H groups in total. The van der Waals surface area contributed by atoms with Gasteiger partial charge in [-0.05, 0) is 18.9 Å². The van der Waals surface area contributed by atoms with E-state index in [0.29, 0.717) is 37.3 Å². The molecular weight excluding hydrogens is 298 g/mol. The standard InChI is InChI=1S/C15H21N5O3/c1-4-12(21)20-7-5-10(6-8-20)14(22)17-13-11(9-16-18-13)15(23)19(2)3/h4,9-10H,1,5-8H2,2-3H3,(H2,16,17,18,22). The number of H-pyrrole nitrogens is 1. The first kappa shape index (κ1) is 16.7. The number of nitrogens with one attached hydrogen (secondary N) is 2. The van der Waals surface area contributed by atoms with Crippen molar-refractivity contribution in [3.05, 3.63) is 24.4 Å². The molecule has 23 heavy (non-hydrogen) atoms. The normalized spacial score (nSPS) is 15.1. The zero-order valence-electron chi connectivity index (χ0n) is 13.3. The SMILES string of the molecule is C=CC(=O)N1CCC(C(=O)Nc2[nH]ncc2C(=O)N(C)C)CC1. The Kier molecular flexibility index (Phi) is 5.15. The Labute approximate surface area is 134 Å². The highest BCUT2D eigenvalue weighted by Crippen LogP contribution is 2.20. The largest absolute Gasteiger partial charge is 0.345 e. The van der Waals surface area contributed by atoms with E-state index in [1.807, 2.05) is 0 Å². The smallest absolute Gasteiger partial charge is 0.258 e. The summed E-state index contributed by atoms with van der Waals surface area (Å²) in [4.78, 5) is 39.0. The van der Waals surface area contributed by atoms with Crippen molar-refractivity contribution in [3.63, 3.8) is 0 Å². The average Bonchev–Trinajstić information content (AvgIpc) is 3.01. The van der Waals surface area contributed by atoms with Gasteiger partial charge in [-0.1, -0.05) is 6.58 Å². The number of likely N-dealkylation sites (tertiary alicyclic amines) is 1. The van der Waals surface area contributed by atoms with Crippen molar-refractivity contribution < 1.29 is 14.4 Å². The number of hydrogen-bond acceptors (Lipinski definition) is 4. The monoisotopic (exact) mass is 319 g/mol. The van der Waals surface area contributed by atoms with Crippen LogP contribution in [0.2, 0.25) is 0 Å². The highest BCUT2D eigenvalue weighted by Gasteiger charge is 2.27. The molecule has 2 rings (SSSR count). The molecule has 8 heteroatoms. The lowest BCUT2D eigenvalue weighted by molar-refractivity contribution is -0.130. The molecule has 0 aromatic carbocycles. The van der Waals surface area contributed by atoms with Crippen LogP contribution in [0.15, 0.2) is 18.9 Å². The average molecular weight is 319 g/mol. The summed E-state index contributed by atoms with van der Waals surface area (Å²) >= 11 is 0. The van der Waals surface area contributed by atoms with Gasteiger partial charge in [0.15, 0.2) is 0 Å². The molecule has 0 radical (unpaired) electrons. The van der Waals surface area contributed by atoms with E-state index in [9.17, 15) is 14.4 Å². The highest BCUT2D eigenvalue weighted by molar-refractivity contribution is 6.02. The van der Waals surface area contributed by atoms with Crippen molar-refractivity contribution >= 4 is 23.5 Å². The van der Waals surface area contributed by atoms with Crippen molar-refractivity contribution in [3.8, 4) is 0 Å². The number of anilines is 1. The predicted octanol–water partition coefficient (Wildman–Crippen LogP) is 0.475. The number of carbonyl (C=O) groups is 3. The molecule has 124 valence electrons. The summed E-state index contributed by atoms with van der Waals surface area (Å²) in [6.45, 7) is 4.51. The molecule has 1 saturated heterocycles. The molecule has 1 aliphatic rings. The minimum Gasteiger partial charge on any atom is -0.345 e. The van der Waals surface area contributed by atoms with E-state index >= 15 is 0 Å². The second kappa shape index (κ2) is 7.08. The van der Waals surface area contributed by atoms with Crippen molar-refractivity contribution in [2.45, 2.75) is 12.8 Å². The topological polar surface area (TPSA) is 98.4 Å². The lowest BCUT2D eigenvalue weighted by Gasteiger charge is -2.30. The number of hydrogen-bond donors (Lipinski definition) is 2. The summed E-state index contributed by atoms with van der Waals surface area (Å²) in [6, 6.07) is 0. The van der Waals surface area contributed by atoms with Crippen LogP contribution in [-0.2, 0) is 9.59 Å². The summed E-state index contributed by atoms with van der Waals surface area (Å²) in [5, 5.41) is 9.19. The molecule has 0 bridgehead atoms. The summed E-state index contributed by atoms with van der Waals surface area (Å²) in [5.41, 5.74) is 0.322. The van der Waals surface area contributed by atoms with E-state index < -0.39 is 0 Å². The number of aromatic nitrogens is 2. The Morgan fingerprint density at radius 3 is 2.61 bits per heavy atom. The third kappa shape index (κ3) is 3.77. The fraction of sp³-hybridized carbons (Fsp3) is 0.467. The van der Waals surface area contributed by atoms with E-state index in [-0.39, 0.29) is 23.6 Å². The molecule has 0 aliphatic carbocycles. The number of amides is 3. The molecule has 8 nitrogen and oxygen atoms in total. The minimum absolute atomic E-state index is 0.115. The van der Waals surface area contributed by atoms with Crippen molar-refractivity contribution in [2.75, 3.05) is 32.5 Å². The van der Waals surface area contributed by atoms with Crippen molar-refractivity contribution in [1.29, 1.82) is 0 Å². The molecule has 0 spiro atoms. The van der Waals surface area contributed by atoms with Crippen LogP contribution in [0.25, 0.3) is 0 Å². The summed E-state index contributed by atoms with van der Waals surface area (Å²) in [5.74, 6) is -0.419. The third-order valence-electron chi connectivity index (χ3n) is 3.88. The Morgan fingerprint density at radius 2 is 2.04 bits per heavy atom. The number of rotatable bonds is 4. The van der Waals surface area contributed by atoms with Gasteiger partial charge in [0.25, 0.3) is 5.91 Å². The third-order valence-corrected chi connectivity index (χ3v) is 3.88. The molecule has 1 aliphatic heterocycles. The second-order valence-electron chi connectivity index (χ2n) is 5.65. The molecule has 3 amide bonds. The maximum Gasteiger partial charge on any atom is 0.258 e. The quantitative estimate of drug-likeness (QED) is 0.788. The van der Waals surface area contributed by atoms with Gasteiger partial charge in [-0.3, -0.25) is 19.5 Å². The van der Waals surface area contributed by atoms with Crippen molar-refractivity contribution in [2.24, 2.45) is 5.92 Å². The van der Waals surface area contributed by atoms with Gasteiger partial charge in [-0.2, -0.15) is 5.10 Å². The van der Waals surface area contributed by atoms with Gasteiger partial charge in [-0.25, -0.2) is 0 Å². The maximum absolute atomic E-state index is 12.3. The Bertz CT molecular complexity index is 614. The van der Waals surface area contributed by atoms with Gasteiger partial charge in [0.05, 0.1) is 6.20 Å². The summed E-state index contributed by atoms with van der Waals surface area (Å²) in [7, 11) is 3.26.